The van der Waals surface area contributed by atoms with Crippen molar-refractivity contribution in [2.75, 3.05) is 17.5 Å². The maximum atomic E-state index is 12.2. The molecular formula is C22H29ClN2O2S2. The topological polar surface area (TPSA) is 52.6 Å². The molecule has 158 valence electrons. The number of rotatable bonds is 6. The number of anilines is 1. The number of carbonyl (C=O) groups excluding carboxylic acids is 1. The number of benzene rings is 1. The fourth-order valence-corrected chi connectivity index (χ4v) is 4.70. The lowest BCUT2D eigenvalue weighted by atomic mass is 9.99. The standard InChI is InChI=1S/C20H23ClN2O2S2.C2H6/c1-20(2,25)12-23-10-13(4-7-19(23)24)14-8-18(27-11-14)16-6-5-15(22-26-3)9-17(16)21;1-2/h5-6,8-11,22,25H,4,7,12H2,1-3H3;1-2H3. The summed E-state index contributed by atoms with van der Waals surface area (Å²) in [6.45, 7) is 7.72. The van der Waals surface area contributed by atoms with Gasteiger partial charge in [0.25, 0.3) is 0 Å². The summed E-state index contributed by atoms with van der Waals surface area (Å²) in [5.74, 6) is 0.0521. The van der Waals surface area contributed by atoms with Crippen LogP contribution in [0, 0.1) is 0 Å². The molecule has 0 unspecified atom stereocenters. The Bertz CT molecular complexity index is 872. The van der Waals surface area contributed by atoms with Crippen LogP contribution in [0.25, 0.3) is 16.0 Å². The quantitative estimate of drug-likeness (QED) is 0.490. The maximum Gasteiger partial charge on any atom is 0.226 e. The van der Waals surface area contributed by atoms with Gasteiger partial charge in [-0.1, -0.05) is 37.4 Å². The molecule has 0 bridgehead atoms. The molecular weight excluding hydrogens is 424 g/mol. The molecule has 1 aromatic carbocycles. The average Bonchev–Trinajstić information content (AvgIpc) is 3.14. The van der Waals surface area contributed by atoms with Gasteiger partial charge in [0.2, 0.25) is 5.91 Å². The number of β-amino-alcohol motifs (C(OH)–C–C–N with tert-alkyl or cyclic N) is 1. The highest BCUT2D eigenvalue weighted by Gasteiger charge is 2.25. The van der Waals surface area contributed by atoms with Crippen molar-refractivity contribution in [1.82, 2.24) is 4.90 Å². The van der Waals surface area contributed by atoms with Gasteiger partial charge in [0.15, 0.2) is 0 Å². The van der Waals surface area contributed by atoms with Crippen LogP contribution in [0.2, 0.25) is 5.02 Å². The van der Waals surface area contributed by atoms with Crippen molar-refractivity contribution in [3.05, 3.63) is 46.4 Å². The molecule has 2 N–H and O–H groups in total. The fourth-order valence-electron chi connectivity index (χ4n) is 3.02. The minimum atomic E-state index is -0.922. The lowest BCUT2D eigenvalue weighted by molar-refractivity contribution is -0.131. The predicted octanol–water partition coefficient (Wildman–Crippen LogP) is 6.52. The van der Waals surface area contributed by atoms with E-state index in [1.165, 1.54) is 11.9 Å². The van der Waals surface area contributed by atoms with Crippen LogP contribution in [-0.2, 0) is 4.79 Å². The van der Waals surface area contributed by atoms with E-state index in [9.17, 15) is 9.90 Å². The Morgan fingerprint density at radius 3 is 2.62 bits per heavy atom. The van der Waals surface area contributed by atoms with E-state index in [4.69, 9.17) is 11.6 Å². The molecule has 2 aromatic rings. The first-order chi connectivity index (χ1) is 13.8. The zero-order valence-corrected chi connectivity index (χ0v) is 20.0. The van der Waals surface area contributed by atoms with Gasteiger partial charge in [-0.05, 0) is 61.1 Å². The summed E-state index contributed by atoms with van der Waals surface area (Å²) in [5.41, 5.74) is 3.27. The summed E-state index contributed by atoms with van der Waals surface area (Å²) in [4.78, 5) is 14.9. The number of allylic oxidation sites excluding steroid dienone is 1. The van der Waals surface area contributed by atoms with Crippen LogP contribution in [0.4, 0.5) is 5.69 Å². The number of halogens is 1. The van der Waals surface area contributed by atoms with E-state index in [0.717, 1.165) is 27.3 Å². The fraction of sp³-hybridized carbons (Fsp3) is 0.409. The van der Waals surface area contributed by atoms with E-state index < -0.39 is 5.60 Å². The Morgan fingerprint density at radius 1 is 1.28 bits per heavy atom. The Kier molecular flexibility index (Phi) is 8.64. The summed E-state index contributed by atoms with van der Waals surface area (Å²) in [5, 5.41) is 12.9. The van der Waals surface area contributed by atoms with Crippen LogP contribution < -0.4 is 4.72 Å². The number of carbonyl (C=O) groups is 1. The van der Waals surface area contributed by atoms with Gasteiger partial charge >= 0.3 is 0 Å². The predicted molar refractivity (Wildman–Crippen MR) is 128 cm³/mol. The zero-order valence-electron chi connectivity index (χ0n) is 17.6. The number of nitrogens with zero attached hydrogens (tertiary/aromatic N) is 1. The van der Waals surface area contributed by atoms with Gasteiger partial charge in [0.05, 0.1) is 17.2 Å². The first-order valence-corrected chi connectivity index (χ1v) is 12.2. The minimum absolute atomic E-state index is 0.0521. The molecule has 1 amide bonds. The summed E-state index contributed by atoms with van der Waals surface area (Å²) in [6, 6.07) is 8.09. The Labute approximate surface area is 187 Å². The van der Waals surface area contributed by atoms with Crippen LogP contribution in [0.1, 0.15) is 46.1 Å². The molecule has 0 saturated heterocycles. The average molecular weight is 453 g/mol. The van der Waals surface area contributed by atoms with Gasteiger partial charge in [-0.15, -0.1) is 11.3 Å². The smallest absolute Gasteiger partial charge is 0.226 e. The molecule has 4 nitrogen and oxygen atoms in total. The molecule has 1 aromatic heterocycles. The third kappa shape index (κ3) is 6.51. The highest BCUT2D eigenvalue weighted by molar-refractivity contribution is 7.99. The van der Waals surface area contributed by atoms with Crippen molar-refractivity contribution in [1.29, 1.82) is 0 Å². The van der Waals surface area contributed by atoms with E-state index in [1.807, 2.05) is 44.5 Å². The van der Waals surface area contributed by atoms with Crippen LogP contribution in [0.15, 0.2) is 35.8 Å². The van der Waals surface area contributed by atoms with Crippen molar-refractivity contribution in [2.24, 2.45) is 0 Å². The van der Waals surface area contributed by atoms with Crippen LogP contribution >= 0.6 is 34.9 Å². The van der Waals surface area contributed by atoms with Gasteiger partial charge in [-0.25, -0.2) is 0 Å². The molecule has 0 fully saturated rings. The number of aliphatic hydroxyl groups is 1. The molecule has 3 rings (SSSR count). The summed E-state index contributed by atoms with van der Waals surface area (Å²) < 4.78 is 3.18. The molecule has 0 saturated carbocycles. The second-order valence-corrected chi connectivity index (χ2v) is 9.12. The van der Waals surface area contributed by atoms with Crippen LogP contribution in [-0.4, -0.2) is 34.3 Å². The number of nitrogens with one attached hydrogen (secondary N) is 1. The minimum Gasteiger partial charge on any atom is -0.389 e. The van der Waals surface area contributed by atoms with E-state index in [1.54, 1.807) is 30.1 Å². The number of hydrogen-bond acceptors (Lipinski definition) is 5. The van der Waals surface area contributed by atoms with E-state index >= 15 is 0 Å². The first-order valence-electron chi connectivity index (χ1n) is 9.67. The van der Waals surface area contributed by atoms with Crippen molar-refractivity contribution < 1.29 is 9.90 Å². The number of thiophene rings is 1. The van der Waals surface area contributed by atoms with Crippen LogP contribution in [0.5, 0.6) is 0 Å². The molecule has 0 atom stereocenters. The normalized spacial score (nSPS) is 14.2. The molecule has 29 heavy (non-hydrogen) atoms. The van der Waals surface area contributed by atoms with Gasteiger partial charge in [-0.3, -0.25) is 4.79 Å². The number of amides is 1. The van der Waals surface area contributed by atoms with Gasteiger partial charge in [-0.2, -0.15) is 0 Å². The van der Waals surface area contributed by atoms with Crippen molar-refractivity contribution >= 4 is 52.1 Å². The maximum absolute atomic E-state index is 12.2. The van der Waals surface area contributed by atoms with E-state index in [2.05, 4.69) is 16.2 Å². The highest BCUT2D eigenvalue weighted by Crippen LogP contribution is 2.38. The summed E-state index contributed by atoms with van der Waals surface area (Å²) >= 11 is 9.64. The first kappa shape index (κ1) is 23.8. The zero-order chi connectivity index (χ0) is 21.6. The highest BCUT2D eigenvalue weighted by atomic mass is 35.5. The SMILES string of the molecule is CC.CSNc1ccc(-c2cc(C3=CN(CC(C)(C)O)C(=O)CC3)cs2)c(Cl)c1. The molecule has 1 aliphatic rings. The molecule has 0 aliphatic carbocycles. The monoisotopic (exact) mass is 452 g/mol. The van der Waals surface area contributed by atoms with E-state index in [0.29, 0.717) is 24.4 Å². The largest absolute Gasteiger partial charge is 0.389 e. The van der Waals surface area contributed by atoms with Gasteiger partial charge < -0.3 is 14.7 Å². The Morgan fingerprint density at radius 2 is 2.00 bits per heavy atom. The molecule has 7 heteroatoms. The lowest BCUT2D eigenvalue weighted by Crippen LogP contribution is -2.40. The number of hydrogen-bond donors (Lipinski definition) is 2. The van der Waals surface area contributed by atoms with E-state index in [-0.39, 0.29) is 5.91 Å². The second kappa shape index (κ2) is 10.5. The molecule has 2 heterocycles. The van der Waals surface area contributed by atoms with Crippen LogP contribution in [0.3, 0.4) is 0 Å². The third-order valence-corrected chi connectivity index (χ3v) is 5.94. The molecule has 0 radical (unpaired) electrons. The summed E-state index contributed by atoms with van der Waals surface area (Å²) in [7, 11) is 0. The lowest BCUT2D eigenvalue weighted by Gasteiger charge is -2.30. The van der Waals surface area contributed by atoms with Crippen molar-refractivity contribution in [3.8, 4) is 10.4 Å². The van der Waals surface area contributed by atoms with Gasteiger partial charge in [0, 0.05) is 35.0 Å². The third-order valence-electron chi connectivity index (χ3n) is 4.22. The van der Waals surface area contributed by atoms with Crippen molar-refractivity contribution in [2.45, 2.75) is 46.1 Å². The Balaban J connectivity index is 0.00000145. The Hall–Kier alpha value is -1.47. The molecule has 1 aliphatic heterocycles. The second-order valence-electron chi connectivity index (χ2n) is 7.19. The van der Waals surface area contributed by atoms with Crippen molar-refractivity contribution in [3.63, 3.8) is 0 Å². The molecule has 0 spiro atoms. The summed E-state index contributed by atoms with van der Waals surface area (Å²) in [6.07, 6.45) is 5.02. The van der Waals surface area contributed by atoms with Gasteiger partial charge in [0.1, 0.15) is 0 Å².